The van der Waals surface area contributed by atoms with Gasteiger partial charge >= 0.3 is 5.97 Å². The molecule has 8 nitrogen and oxygen atoms in total. The highest BCUT2D eigenvalue weighted by Crippen LogP contribution is 2.24. The lowest BCUT2D eigenvalue weighted by Crippen LogP contribution is -2.36. The number of benzene rings is 1. The summed E-state index contributed by atoms with van der Waals surface area (Å²) in [4.78, 5) is 50.1. The first-order chi connectivity index (χ1) is 12.9. The zero-order valence-corrected chi connectivity index (χ0v) is 15.7. The largest absolute Gasteiger partial charge is 0.449 e. The summed E-state index contributed by atoms with van der Waals surface area (Å²) in [6.45, 7) is 4.56. The van der Waals surface area contributed by atoms with Gasteiger partial charge in [0.25, 0.3) is 17.7 Å². The molecule has 1 aliphatic heterocycles. The van der Waals surface area contributed by atoms with Gasteiger partial charge in [-0.1, -0.05) is 6.92 Å². The maximum atomic E-state index is 12.5. The van der Waals surface area contributed by atoms with Gasteiger partial charge in [-0.15, -0.1) is 0 Å². The standard InChI is InChI=1S/C19H24N2O6/c1-4-8-20-16(22)12(2)27-19(25)13-6-7-14-15(11-13)18(24)21(17(14)23)9-5-10-26-3/h6-7,11-12H,4-5,8-10H2,1-3H3,(H,20,22)/t12-/m0/s1. The van der Waals surface area contributed by atoms with Crippen LogP contribution in [0.1, 0.15) is 57.8 Å². The molecular weight excluding hydrogens is 352 g/mol. The molecule has 1 atom stereocenters. The van der Waals surface area contributed by atoms with E-state index in [1.807, 2.05) is 6.92 Å². The van der Waals surface area contributed by atoms with Crippen molar-refractivity contribution in [2.24, 2.45) is 0 Å². The van der Waals surface area contributed by atoms with Gasteiger partial charge in [0.2, 0.25) is 0 Å². The zero-order chi connectivity index (χ0) is 20.0. The van der Waals surface area contributed by atoms with E-state index in [1.54, 1.807) is 7.11 Å². The highest BCUT2D eigenvalue weighted by atomic mass is 16.5. The van der Waals surface area contributed by atoms with Gasteiger partial charge in [0.1, 0.15) is 0 Å². The third-order valence-electron chi connectivity index (χ3n) is 4.14. The van der Waals surface area contributed by atoms with Gasteiger partial charge in [-0.05, 0) is 38.0 Å². The molecule has 0 unspecified atom stereocenters. The molecule has 2 rings (SSSR count). The van der Waals surface area contributed by atoms with Gasteiger partial charge < -0.3 is 14.8 Å². The molecule has 0 radical (unpaired) electrons. The summed E-state index contributed by atoms with van der Waals surface area (Å²) in [5.41, 5.74) is 0.529. The van der Waals surface area contributed by atoms with E-state index in [0.717, 1.165) is 11.3 Å². The number of hydrogen-bond donors (Lipinski definition) is 1. The Bertz CT molecular complexity index is 746. The van der Waals surface area contributed by atoms with E-state index in [2.05, 4.69) is 5.32 Å². The highest BCUT2D eigenvalue weighted by Gasteiger charge is 2.35. The van der Waals surface area contributed by atoms with E-state index in [4.69, 9.17) is 9.47 Å². The van der Waals surface area contributed by atoms with Gasteiger partial charge in [0.05, 0.1) is 16.7 Å². The number of ether oxygens (including phenoxy) is 2. The second-order valence-corrected chi connectivity index (χ2v) is 6.21. The number of carbonyl (C=O) groups excluding carboxylic acids is 4. The minimum Gasteiger partial charge on any atom is -0.449 e. The number of methoxy groups -OCH3 is 1. The Hall–Kier alpha value is -2.74. The summed E-state index contributed by atoms with van der Waals surface area (Å²) in [5.74, 6) is -1.95. The first-order valence-corrected chi connectivity index (χ1v) is 8.88. The second-order valence-electron chi connectivity index (χ2n) is 6.21. The summed E-state index contributed by atoms with van der Waals surface area (Å²) in [6.07, 6.45) is 0.343. The van der Waals surface area contributed by atoms with E-state index in [1.165, 1.54) is 25.1 Å². The van der Waals surface area contributed by atoms with Crippen molar-refractivity contribution >= 4 is 23.7 Å². The molecule has 27 heavy (non-hydrogen) atoms. The Labute approximate surface area is 157 Å². The van der Waals surface area contributed by atoms with Crippen LogP contribution in [0.2, 0.25) is 0 Å². The molecule has 0 bridgehead atoms. The second kappa shape index (κ2) is 9.27. The van der Waals surface area contributed by atoms with Crippen LogP contribution in [0, 0.1) is 0 Å². The third-order valence-corrected chi connectivity index (χ3v) is 4.14. The fraction of sp³-hybridized carbons (Fsp3) is 0.474. The van der Waals surface area contributed by atoms with E-state index < -0.39 is 23.9 Å². The molecule has 0 aromatic heterocycles. The van der Waals surface area contributed by atoms with Crippen LogP contribution in [0.4, 0.5) is 0 Å². The first kappa shape index (κ1) is 20.6. The molecule has 0 saturated carbocycles. The third kappa shape index (κ3) is 4.71. The minimum absolute atomic E-state index is 0.115. The summed E-state index contributed by atoms with van der Waals surface area (Å²) >= 11 is 0. The van der Waals surface area contributed by atoms with Crippen molar-refractivity contribution in [3.05, 3.63) is 34.9 Å². The minimum atomic E-state index is -0.958. The van der Waals surface area contributed by atoms with E-state index >= 15 is 0 Å². The molecule has 1 aromatic rings. The summed E-state index contributed by atoms with van der Waals surface area (Å²) in [7, 11) is 1.55. The Morgan fingerprint density at radius 2 is 1.89 bits per heavy atom. The number of esters is 1. The van der Waals surface area contributed by atoms with E-state index in [9.17, 15) is 19.2 Å². The van der Waals surface area contributed by atoms with Crippen molar-refractivity contribution in [1.82, 2.24) is 10.2 Å². The van der Waals surface area contributed by atoms with Crippen molar-refractivity contribution in [3.8, 4) is 0 Å². The first-order valence-electron chi connectivity index (χ1n) is 8.88. The molecule has 1 aromatic carbocycles. The van der Waals surface area contributed by atoms with Crippen molar-refractivity contribution < 1.29 is 28.7 Å². The number of imide groups is 1. The maximum absolute atomic E-state index is 12.5. The molecule has 0 fully saturated rings. The normalized spacial score (nSPS) is 14.1. The van der Waals surface area contributed by atoms with Crippen molar-refractivity contribution in [2.45, 2.75) is 32.8 Å². The van der Waals surface area contributed by atoms with Gasteiger partial charge in [-0.2, -0.15) is 0 Å². The van der Waals surface area contributed by atoms with Crippen molar-refractivity contribution in [3.63, 3.8) is 0 Å². The van der Waals surface area contributed by atoms with Gasteiger partial charge in [-0.3, -0.25) is 19.3 Å². The number of fused-ring (bicyclic) bond motifs is 1. The lowest BCUT2D eigenvalue weighted by Gasteiger charge is -2.13. The molecule has 1 heterocycles. The molecule has 1 N–H and O–H groups in total. The number of nitrogens with one attached hydrogen (secondary N) is 1. The number of hydrogen-bond acceptors (Lipinski definition) is 6. The summed E-state index contributed by atoms with van der Waals surface area (Å²) < 4.78 is 10.1. The lowest BCUT2D eigenvalue weighted by molar-refractivity contribution is -0.129. The number of rotatable bonds is 9. The molecule has 0 aliphatic carbocycles. The van der Waals surface area contributed by atoms with E-state index in [0.29, 0.717) is 19.6 Å². The molecule has 0 spiro atoms. The number of carbonyl (C=O) groups is 4. The Kier molecular flexibility index (Phi) is 7.06. The van der Waals surface area contributed by atoms with E-state index in [-0.39, 0.29) is 29.1 Å². The van der Waals surface area contributed by atoms with Crippen LogP contribution in [0.5, 0.6) is 0 Å². The van der Waals surface area contributed by atoms with Gasteiger partial charge in [0.15, 0.2) is 6.10 Å². The van der Waals surface area contributed by atoms with Crippen molar-refractivity contribution in [1.29, 1.82) is 0 Å². The van der Waals surface area contributed by atoms with Crippen LogP contribution in [-0.2, 0) is 14.3 Å². The quantitative estimate of drug-likeness (QED) is 0.397. The molecule has 146 valence electrons. The molecule has 8 heteroatoms. The summed E-state index contributed by atoms with van der Waals surface area (Å²) in [5, 5.41) is 2.64. The SMILES string of the molecule is CCCNC(=O)[C@H](C)OC(=O)c1ccc2c(c1)C(=O)N(CCCOC)C2=O. The maximum Gasteiger partial charge on any atom is 0.338 e. The molecular formula is C19H24N2O6. The topological polar surface area (TPSA) is 102 Å². The van der Waals surface area contributed by atoms with Crippen LogP contribution in [-0.4, -0.2) is 61.5 Å². The zero-order valence-electron chi connectivity index (χ0n) is 15.7. The Morgan fingerprint density at radius 1 is 1.19 bits per heavy atom. The number of nitrogens with zero attached hydrogens (tertiary/aromatic N) is 1. The number of amides is 3. The van der Waals surface area contributed by atoms with Gasteiger partial charge in [0, 0.05) is 26.8 Å². The smallest absolute Gasteiger partial charge is 0.338 e. The molecule has 1 aliphatic rings. The van der Waals surface area contributed by atoms with Gasteiger partial charge in [-0.25, -0.2) is 4.79 Å². The predicted molar refractivity (Wildman–Crippen MR) is 96.5 cm³/mol. The fourth-order valence-electron chi connectivity index (χ4n) is 2.66. The fourth-order valence-corrected chi connectivity index (χ4v) is 2.66. The van der Waals surface area contributed by atoms with Crippen LogP contribution in [0.15, 0.2) is 18.2 Å². The average molecular weight is 376 g/mol. The lowest BCUT2D eigenvalue weighted by atomic mass is 10.1. The molecule has 0 saturated heterocycles. The Morgan fingerprint density at radius 3 is 2.56 bits per heavy atom. The highest BCUT2D eigenvalue weighted by molar-refractivity contribution is 6.22. The summed E-state index contributed by atoms with van der Waals surface area (Å²) in [6, 6.07) is 4.19. The predicted octanol–water partition coefficient (Wildman–Crippen LogP) is 1.39. The van der Waals surface area contributed by atoms with Crippen LogP contribution >= 0.6 is 0 Å². The van der Waals surface area contributed by atoms with Crippen molar-refractivity contribution in [2.75, 3.05) is 26.8 Å². The monoisotopic (exact) mass is 376 g/mol. The van der Waals surface area contributed by atoms with Crippen LogP contribution in [0.3, 0.4) is 0 Å². The van der Waals surface area contributed by atoms with Crippen LogP contribution in [0.25, 0.3) is 0 Å². The molecule has 3 amide bonds. The average Bonchev–Trinajstić information content (AvgIpc) is 2.90. The Balaban J connectivity index is 2.08. The van der Waals surface area contributed by atoms with Crippen LogP contribution < -0.4 is 5.32 Å².